The van der Waals surface area contributed by atoms with Crippen LogP contribution in [0.15, 0.2) is 12.1 Å². The maximum atomic E-state index is 12.6. The van der Waals surface area contributed by atoms with E-state index in [-0.39, 0.29) is 6.29 Å². The quantitative estimate of drug-likeness (QED) is 0.512. The molecule has 0 unspecified atom stereocenters. The summed E-state index contributed by atoms with van der Waals surface area (Å²) in [7, 11) is 0. The molecule has 0 aromatic heterocycles. The van der Waals surface area contributed by atoms with Crippen molar-refractivity contribution in [1.29, 1.82) is 0 Å². The first-order chi connectivity index (χ1) is 8.20. The lowest BCUT2D eigenvalue weighted by atomic mass is 9.97. The average Bonchev–Trinajstić information content (AvgIpc) is 2.26. The van der Waals surface area contributed by atoms with Crippen molar-refractivity contribution in [2.45, 2.75) is 13.1 Å². The molecular weight excluding hydrogens is 253 g/mol. The first-order valence-corrected chi connectivity index (χ1v) is 4.63. The molecule has 4 nitrogen and oxygen atoms in total. The van der Waals surface area contributed by atoms with Crippen molar-refractivity contribution in [1.82, 2.24) is 0 Å². The Morgan fingerprint density at radius 1 is 1.28 bits per heavy atom. The van der Waals surface area contributed by atoms with E-state index < -0.39 is 40.2 Å². The van der Waals surface area contributed by atoms with Gasteiger partial charge in [-0.25, -0.2) is 0 Å². The van der Waals surface area contributed by atoms with Crippen LogP contribution in [0.4, 0.5) is 13.2 Å². The second-order valence-electron chi connectivity index (χ2n) is 3.43. The van der Waals surface area contributed by atoms with Crippen LogP contribution in [0, 0.1) is 0 Å². The number of phenolic OH excluding ortho intramolecular Hbond substituents is 1. The van der Waals surface area contributed by atoms with Gasteiger partial charge in [-0.05, 0) is 12.1 Å². The van der Waals surface area contributed by atoms with Crippen LogP contribution in [0.1, 0.15) is 33.2 Å². The summed E-state index contributed by atoms with van der Waals surface area (Å²) in [4.78, 5) is 32.7. The summed E-state index contributed by atoms with van der Waals surface area (Å²) in [6, 6.07) is 1.20. The molecule has 0 saturated heterocycles. The number of carbonyl (C=O) groups excluding carboxylic acids is 3. The van der Waals surface area contributed by atoms with Crippen molar-refractivity contribution in [3.63, 3.8) is 0 Å². The molecule has 0 spiro atoms. The van der Waals surface area contributed by atoms with Gasteiger partial charge in [0, 0.05) is 6.92 Å². The summed E-state index contributed by atoms with van der Waals surface area (Å²) in [5.41, 5.74) is -3.14. The molecule has 1 rings (SSSR count). The minimum absolute atomic E-state index is 0.0897. The van der Waals surface area contributed by atoms with Crippen LogP contribution < -0.4 is 0 Å². The maximum absolute atomic E-state index is 12.6. The van der Waals surface area contributed by atoms with Crippen molar-refractivity contribution in [2.75, 3.05) is 0 Å². The van der Waals surface area contributed by atoms with Gasteiger partial charge in [0.1, 0.15) is 5.75 Å². The van der Waals surface area contributed by atoms with E-state index in [4.69, 9.17) is 0 Å². The summed E-state index contributed by atoms with van der Waals surface area (Å²) in [6.07, 6.45) is -4.83. The first-order valence-electron chi connectivity index (χ1n) is 4.63. The molecule has 0 fully saturated rings. The van der Waals surface area contributed by atoms with E-state index in [9.17, 15) is 32.7 Å². The van der Waals surface area contributed by atoms with E-state index in [1.54, 1.807) is 0 Å². The van der Waals surface area contributed by atoms with E-state index in [1.165, 1.54) is 0 Å². The average molecular weight is 260 g/mol. The molecule has 0 atom stereocenters. The molecule has 0 aliphatic heterocycles. The smallest absolute Gasteiger partial charge is 0.417 e. The number of aromatic hydroxyl groups is 1. The zero-order chi connectivity index (χ0) is 14.1. The van der Waals surface area contributed by atoms with Crippen LogP contribution in [0.3, 0.4) is 0 Å². The van der Waals surface area contributed by atoms with Gasteiger partial charge >= 0.3 is 6.18 Å². The lowest BCUT2D eigenvalue weighted by Crippen LogP contribution is -2.18. The molecule has 0 bridgehead atoms. The Hall–Kier alpha value is -2.18. The fraction of sp³-hybridized carbons (Fsp3) is 0.182. The number of ketones is 2. The molecule has 1 aromatic rings. The second kappa shape index (κ2) is 4.59. The molecule has 7 heteroatoms. The molecule has 96 valence electrons. The van der Waals surface area contributed by atoms with Crippen molar-refractivity contribution in [3.8, 4) is 5.75 Å². The van der Waals surface area contributed by atoms with Gasteiger partial charge in [0.05, 0.1) is 16.7 Å². The normalized spacial score (nSPS) is 11.1. The standard InChI is InChI=1S/C11H7F3O4/c1-5(16)9(17)8-7(11(12,13)14)3-2-6(4-15)10(8)18/h2-4,18H,1H3. The van der Waals surface area contributed by atoms with Crippen molar-refractivity contribution >= 4 is 17.9 Å². The maximum Gasteiger partial charge on any atom is 0.417 e. The number of hydrogen-bond donors (Lipinski definition) is 1. The monoisotopic (exact) mass is 260 g/mol. The highest BCUT2D eigenvalue weighted by Crippen LogP contribution is 2.37. The van der Waals surface area contributed by atoms with E-state index >= 15 is 0 Å². The van der Waals surface area contributed by atoms with Gasteiger partial charge in [0.25, 0.3) is 0 Å². The van der Waals surface area contributed by atoms with Crippen LogP contribution in [0.25, 0.3) is 0 Å². The van der Waals surface area contributed by atoms with E-state index in [1.807, 2.05) is 0 Å². The number of aldehydes is 1. The minimum Gasteiger partial charge on any atom is -0.506 e. The molecule has 1 N–H and O–H groups in total. The Morgan fingerprint density at radius 2 is 1.83 bits per heavy atom. The predicted molar refractivity (Wildman–Crippen MR) is 53.5 cm³/mol. The van der Waals surface area contributed by atoms with Gasteiger partial charge in [-0.15, -0.1) is 0 Å². The first kappa shape index (κ1) is 13.9. The van der Waals surface area contributed by atoms with Crippen molar-refractivity contribution < 1.29 is 32.7 Å². The number of benzene rings is 1. The molecule has 0 heterocycles. The Morgan fingerprint density at radius 3 is 2.22 bits per heavy atom. The Kier molecular flexibility index (Phi) is 3.54. The number of alkyl halides is 3. The fourth-order valence-electron chi connectivity index (χ4n) is 1.34. The lowest BCUT2D eigenvalue weighted by Gasteiger charge is -2.13. The molecule has 1 aromatic carbocycles. The molecular formula is C11H7F3O4. The number of halogens is 3. The lowest BCUT2D eigenvalue weighted by molar-refractivity contribution is -0.138. The molecule has 0 saturated carbocycles. The Balaban J connectivity index is 3.66. The number of hydrogen-bond acceptors (Lipinski definition) is 4. The van der Waals surface area contributed by atoms with Crippen LogP contribution in [-0.2, 0) is 11.0 Å². The van der Waals surface area contributed by atoms with E-state index in [2.05, 4.69) is 0 Å². The van der Waals surface area contributed by atoms with Gasteiger partial charge in [-0.1, -0.05) is 0 Å². The van der Waals surface area contributed by atoms with Crippen LogP contribution >= 0.6 is 0 Å². The van der Waals surface area contributed by atoms with Gasteiger partial charge in [-0.2, -0.15) is 13.2 Å². The van der Waals surface area contributed by atoms with Gasteiger partial charge < -0.3 is 5.11 Å². The van der Waals surface area contributed by atoms with Crippen LogP contribution in [-0.4, -0.2) is 23.0 Å². The zero-order valence-electron chi connectivity index (χ0n) is 9.04. The number of carbonyl (C=O) groups is 3. The Labute approximate surface area is 99.0 Å². The molecule has 18 heavy (non-hydrogen) atoms. The van der Waals surface area contributed by atoms with Gasteiger partial charge in [0.15, 0.2) is 12.1 Å². The van der Waals surface area contributed by atoms with Gasteiger partial charge in [0.2, 0.25) is 5.78 Å². The molecule has 0 amide bonds. The highest BCUT2D eigenvalue weighted by molar-refractivity contribution is 6.44. The second-order valence-corrected chi connectivity index (χ2v) is 3.43. The molecule has 0 radical (unpaired) electrons. The number of Topliss-reactive ketones (excluding diaryl/α,β-unsaturated/α-hetero) is 2. The van der Waals surface area contributed by atoms with Gasteiger partial charge in [-0.3, -0.25) is 14.4 Å². The fourth-order valence-corrected chi connectivity index (χ4v) is 1.34. The zero-order valence-corrected chi connectivity index (χ0v) is 9.04. The summed E-state index contributed by atoms with van der Waals surface area (Å²) < 4.78 is 37.9. The van der Waals surface area contributed by atoms with E-state index in [0.717, 1.165) is 13.0 Å². The van der Waals surface area contributed by atoms with Crippen molar-refractivity contribution in [2.24, 2.45) is 0 Å². The third kappa shape index (κ3) is 2.39. The SMILES string of the molecule is CC(=O)C(=O)c1c(C(F)(F)F)ccc(C=O)c1O. The molecule has 0 aliphatic carbocycles. The van der Waals surface area contributed by atoms with E-state index in [0.29, 0.717) is 6.07 Å². The summed E-state index contributed by atoms with van der Waals surface area (Å²) in [5, 5.41) is 9.45. The Bertz CT molecular complexity index is 532. The van der Waals surface area contributed by atoms with Crippen LogP contribution in [0.5, 0.6) is 5.75 Å². The van der Waals surface area contributed by atoms with Crippen molar-refractivity contribution in [3.05, 3.63) is 28.8 Å². The minimum atomic E-state index is -4.92. The summed E-state index contributed by atoms with van der Waals surface area (Å²) in [6.45, 7) is 0.773. The highest BCUT2D eigenvalue weighted by atomic mass is 19.4. The number of rotatable bonds is 3. The largest absolute Gasteiger partial charge is 0.506 e. The third-order valence-corrected chi connectivity index (χ3v) is 2.19. The number of phenols is 1. The predicted octanol–water partition coefficient (Wildman–Crippen LogP) is 2.00. The third-order valence-electron chi connectivity index (χ3n) is 2.19. The topological polar surface area (TPSA) is 71.4 Å². The summed E-state index contributed by atoms with van der Waals surface area (Å²) in [5.74, 6) is -3.80. The summed E-state index contributed by atoms with van der Waals surface area (Å²) >= 11 is 0. The highest BCUT2D eigenvalue weighted by Gasteiger charge is 2.38. The molecule has 0 aliphatic rings. The van der Waals surface area contributed by atoms with Crippen LogP contribution in [0.2, 0.25) is 0 Å².